The van der Waals surface area contributed by atoms with Crippen LogP contribution in [0.25, 0.3) is 0 Å². The van der Waals surface area contributed by atoms with Crippen molar-refractivity contribution < 1.29 is 9.90 Å². The van der Waals surface area contributed by atoms with Crippen molar-refractivity contribution in [2.24, 2.45) is 0 Å². The normalized spacial score (nSPS) is 12.4. The summed E-state index contributed by atoms with van der Waals surface area (Å²) >= 11 is 0. The molecule has 0 spiro atoms. The molecule has 1 unspecified atom stereocenters. The minimum Gasteiger partial charge on any atom is -0.396 e. The monoisotopic (exact) mass is 220 g/mol. The van der Waals surface area contributed by atoms with Gasteiger partial charge in [0.25, 0.3) is 0 Å². The zero-order valence-electron chi connectivity index (χ0n) is 10.1. The Hall–Kier alpha value is -1.15. The van der Waals surface area contributed by atoms with E-state index >= 15 is 0 Å². The third-order valence-electron chi connectivity index (χ3n) is 2.98. The zero-order valence-corrected chi connectivity index (χ0v) is 10.1. The van der Waals surface area contributed by atoms with Crippen LogP contribution >= 0.6 is 0 Å². The third kappa shape index (κ3) is 3.46. The maximum atomic E-state index is 11.6. The molecular weight excluding hydrogens is 200 g/mol. The molecule has 0 aromatic heterocycles. The molecule has 1 aromatic rings. The first-order valence-corrected chi connectivity index (χ1v) is 5.93. The highest BCUT2D eigenvalue weighted by Gasteiger charge is 2.07. The molecule has 88 valence electrons. The van der Waals surface area contributed by atoms with Gasteiger partial charge in [-0.3, -0.25) is 4.79 Å². The Morgan fingerprint density at radius 3 is 2.44 bits per heavy atom. The molecule has 1 aromatic carbocycles. The Labute approximate surface area is 97.3 Å². The van der Waals surface area contributed by atoms with Gasteiger partial charge in [0.1, 0.15) is 0 Å². The number of hydrogen-bond acceptors (Lipinski definition) is 2. The largest absolute Gasteiger partial charge is 0.396 e. The molecule has 0 radical (unpaired) electrons. The molecule has 0 aliphatic heterocycles. The molecule has 0 heterocycles. The van der Waals surface area contributed by atoms with Gasteiger partial charge in [0.15, 0.2) is 5.78 Å². The van der Waals surface area contributed by atoms with E-state index in [1.807, 2.05) is 24.3 Å². The fourth-order valence-corrected chi connectivity index (χ4v) is 1.62. The van der Waals surface area contributed by atoms with Crippen molar-refractivity contribution in [3.8, 4) is 0 Å². The topological polar surface area (TPSA) is 37.3 Å². The SMILES string of the molecule is CCC(C)c1ccc(C(=O)CCCO)cc1. The van der Waals surface area contributed by atoms with Gasteiger partial charge in [-0.05, 0) is 24.3 Å². The fraction of sp³-hybridized carbons (Fsp3) is 0.500. The first-order valence-electron chi connectivity index (χ1n) is 5.93. The van der Waals surface area contributed by atoms with E-state index in [2.05, 4.69) is 13.8 Å². The fourth-order valence-electron chi connectivity index (χ4n) is 1.62. The number of aliphatic hydroxyl groups is 1. The minimum atomic E-state index is 0.0801. The predicted octanol–water partition coefficient (Wildman–Crippen LogP) is 3.16. The van der Waals surface area contributed by atoms with Crippen molar-refractivity contribution >= 4 is 5.78 Å². The first kappa shape index (κ1) is 12.9. The van der Waals surface area contributed by atoms with Gasteiger partial charge >= 0.3 is 0 Å². The highest BCUT2D eigenvalue weighted by Crippen LogP contribution is 2.19. The highest BCUT2D eigenvalue weighted by atomic mass is 16.3. The molecule has 1 rings (SSSR count). The van der Waals surface area contributed by atoms with Crippen LogP contribution in [0.3, 0.4) is 0 Å². The van der Waals surface area contributed by atoms with Crippen LogP contribution in [-0.2, 0) is 0 Å². The summed E-state index contributed by atoms with van der Waals surface area (Å²) in [5, 5.41) is 8.66. The average molecular weight is 220 g/mol. The van der Waals surface area contributed by atoms with Crippen molar-refractivity contribution in [2.45, 2.75) is 39.0 Å². The lowest BCUT2D eigenvalue weighted by molar-refractivity contribution is 0.0971. The standard InChI is InChI=1S/C14H20O2/c1-3-11(2)12-6-8-13(9-7-12)14(16)5-4-10-15/h6-9,11,15H,3-5,10H2,1-2H3. The van der Waals surface area contributed by atoms with Crippen LogP contribution in [0.1, 0.15) is 54.9 Å². The van der Waals surface area contributed by atoms with Gasteiger partial charge in [0.2, 0.25) is 0 Å². The Bertz CT molecular complexity index is 327. The lowest BCUT2D eigenvalue weighted by Crippen LogP contribution is -2.01. The maximum absolute atomic E-state index is 11.6. The number of hydrogen-bond donors (Lipinski definition) is 1. The molecule has 0 fully saturated rings. The summed E-state index contributed by atoms with van der Waals surface area (Å²) in [5.41, 5.74) is 2.03. The lowest BCUT2D eigenvalue weighted by Gasteiger charge is -2.09. The van der Waals surface area contributed by atoms with E-state index in [-0.39, 0.29) is 12.4 Å². The summed E-state index contributed by atoms with van der Waals surface area (Å²) in [7, 11) is 0. The van der Waals surface area contributed by atoms with E-state index in [1.54, 1.807) is 0 Å². The molecule has 0 saturated carbocycles. The van der Waals surface area contributed by atoms with Gasteiger partial charge in [0.05, 0.1) is 0 Å². The molecule has 0 aliphatic rings. The molecule has 0 aliphatic carbocycles. The second kappa shape index (κ2) is 6.44. The summed E-state index contributed by atoms with van der Waals surface area (Å²) in [6.45, 7) is 4.42. The third-order valence-corrected chi connectivity index (χ3v) is 2.98. The van der Waals surface area contributed by atoms with E-state index in [0.717, 1.165) is 12.0 Å². The Morgan fingerprint density at radius 2 is 1.94 bits per heavy atom. The molecule has 0 bridgehead atoms. The number of carbonyl (C=O) groups is 1. The molecule has 16 heavy (non-hydrogen) atoms. The second-order valence-corrected chi connectivity index (χ2v) is 4.18. The van der Waals surface area contributed by atoms with Crippen LogP contribution in [0.4, 0.5) is 0 Å². The number of benzene rings is 1. The summed E-state index contributed by atoms with van der Waals surface area (Å²) in [6, 6.07) is 7.84. The Morgan fingerprint density at radius 1 is 1.31 bits per heavy atom. The first-order chi connectivity index (χ1) is 7.69. The van der Waals surface area contributed by atoms with Gasteiger partial charge in [-0.1, -0.05) is 38.1 Å². The molecule has 1 N–H and O–H groups in total. The smallest absolute Gasteiger partial charge is 0.162 e. The van der Waals surface area contributed by atoms with Crippen LogP contribution < -0.4 is 0 Å². The summed E-state index contributed by atoms with van der Waals surface area (Å²) in [5.74, 6) is 0.659. The summed E-state index contributed by atoms with van der Waals surface area (Å²) < 4.78 is 0. The number of ketones is 1. The van der Waals surface area contributed by atoms with Gasteiger partial charge in [0, 0.05) is 18.6 Å². The zero-order chi connectivity index (χ0) is 12.0. The number of rotatable bonds is 6. The van der Waals surface area contributed by atoms with E-state index < -0.39 is 0 Å². The summed E-state index contributed by atoms with van der Waals surface area (Å²) in [4.78, 5) is 11.6. The van der Waals surface area contributed by atoms with E-state index in [1.165, 1.54) is 5.56 Å². The number of carbonyl (C=O) groups excluding carboxylic acids is 1. The van der Waals surface area contributed by atoms with Crippen molar-refractivity contribution in [1.82, 2.24) is 0 Å². The van der Waals surface area contributed by atoms with E-state index in [9.17, 15) is 4.79 Å². The highest BCUT2D eigenvalue weighted by molar-refractivity contribution is 5.96. The Balaban J connectivity index is 2.67. The molecule has 2 nitrogen and oxygen atoms in total. The minimum absolute atomic E-state index is 0.0801. The number of aliphatic hydroxyl groups excluding tert-OH is 1. The molecule has 1 atom stereocenters. The molecule has 0 saturated heterocycles. The van der Waals surface area contributed by atoms with Crippen molar-refractivity contribution in [3.05, 3.63) is 35.4 Å². The number of Topliss-reactive ketones (excluding diaryl/α,β-unsaturated/α-hetero) is 1. The van der Waals surface area contributed by atoms with Gasteiger partial charge in [-0.25, -0.2) is 0 Å². The quantitative estimate of drug-likeness (QED) is 0.748. The maximum Gasteiger partial charge on any atom is 0.162 e. The van der Waals surface area contributed by atoms with Crippen LogP contribution in [0.15, 0.2) is 24.3 Å². The van der Waals surface area contributed by atoms with Gasteiger partial charge in [-0.15, -0.1) is 0 Å². The van der Waals surface area contributed by atoms with Crippen LogP contribution in [0.2, 0.25) is 0 Å². The Kier molecular flexibility index (Phi) is 5.20. The molecule has 0 amide bonds. The second-order valence-electron chi connectivity index (χ2n) is 4.18. The van der Waals surface area contributed by atoms with Crippen molar-refractivity contribution in [2.75, 3.05) is 6.61 Å². The molecule has 2 heteroatoms. The van der Waals surface area contributed by atoms with Crippen LogP contribution in [0.5, 0.6) is 0 Å². The van der Waals surface area contributed by atoms with Crippen LogP contribution in [0, 0.1) is 0 Å². The van der Waals surface area contributed by atoms with E-state index in [0.29, 0.717) is 18.8 Å². The van der Waals surface area contributed by atoms with E-state index in [4.69, 9.17) is 5.11 Å². The van der Waals surface area contributed by atoms with Gasteiger partial charge < -0.3 is 5.11 Å². The lowest BCUT2D eigenvalue weighted by atomic mass is 9.96. The summed E-state index contributed by atoms with van der Waals surface area (Å²) in [6.07, 6.45) is 2.09. The average Bonchev–Trinajstić information content (AvgIpc) is 2.35. The van der Waals surface area contributed by atoms with Crippen molar-refractivity contribution in [1.29, 1.82) is 0 Å². The predicted molar refractivity (Wildman–Crippen MR) is 65.8 cm³/mol. The van der Waals surface area contributed by atoms with Gasteiger partial charge in [-0.2, -0.15) is 0 Å². The van der Waals surface area contributed by atoms with Crippen LogP contribution in [-0.4, -0.2) is 17.5 Å². The molecular formula is C14H20O2. The van der Waals surface area contributed by atoms with Crippen molar-refractivity contribution in [3.63, 3.8) is 0 Å².